The lowest BCUT2D eigenvalue weighted by Crippen LogP contribution is -1.93. The molecule has 0 aliphatic rings. The number of alkyl halides is 1. The van der Waals surface area contributed by atoms with Crippen molar-refractivity contribution in [2.45, 2.75) is 19.2 Å². The van der Waals surface area contributed by atoms with Crippen molar-refractivity contribution < 1.29 is 4.74 Å². The molecule has 0 spiro atoms. The van der Waals surface area contributed by atoms with E-state index < -0.39 is 0 Å². The third kappa shape index (κ3) is 3.17. The first kappa shape index (κ1) is 11.9. The van der Waals surface area contributed by atoms with Crippen molar-refractivity contribution >= 4 is 11.6 Å². The van der Waals surface area contributed by atoms with Crippen LogP contribution in [0.1, 0.15) is 18.2 Å². The van der Waals surface area contributed by atoms with E-state index in [1.165, 1.54) is 5.56 Å². The quantitative estimate of drug-likeness (QED) is 0.776. The summed E-state index contributed by atoms with van der Waals surface area (Å²) in [6.07, 6.45) is 0.980. The van der Waals surface area contributed by atoms with Gasteiger partial charge in [-0.2, -0.15) is 5.10 Å². The molecule has 1 aromatic heterocycles. The fourth-order valence-corrected chi connectivity index (χ4v) is 1.57. The van der Waals surface area contributed by atoms with E-state index in [-0.39, 0.29) is 0 Å². The van der Waals surface area contributed by atoms with E-state index in [9.17, 15) is 0 Å². The molecule has 0 aliphatic carbocycles. The van der Waals surface area contributed by atoms with Gasteiger partial charge in [-0.3, -0.25) is 0 Å². The van der Waals surface area contributed by atoms with Gasteiger partial charge in [0, 0.05) is 6.07 Å². The molecule has 2 aromatic rings. The molecule has 88 valence electrons. The Morgan fingerprint density at radius 1 is 1.18 bits per heavy atom. The number of halogens is 1. The standard InChI is InChI=1S/C13H13ClN2O/c1-2-10-4-3-5-12(8-10)17-13-7-6-11(9-14)15-16-13/h3-8H,2,9H2,1H3. The van der Waals surface area contributed by atoms with Crippen LogP contribution in [-0.2, 0) is 12.3 Å². The highest BCUT2D eigenvalue weighted by atomic mass is 35.5. The molecule has 3 nitrogen and oxygen atoms in total. The number of benzene rings is 1. The summed E-state index contributed by atoms with van der Waals surface area (Å²) in [6.45, 7) is 2.11. The lowest BCUT2D eigenvalue weighted by atomic mass is 10.2. The molecule has 0 atom stereocenters. The maximum Gasteiger partial charge on any atom is 0.238 e. The molecule has 0 saturated carbocycles. The van der Waals surface area contributed by atoms with E-state index in [2.05, 4.69) is 23.2 Å². The third-order valence-corrected chi connectivity index (χ3v) is 2.64. The van der Waals surface area contributed by atoms with Gasteiger partial charge in [-0.15, -0.1) is 16.7 Å². The second-order valence-corrected chi connectivity index (χ2v) is 3.87. The molecule has 1 aromatic carbocycles. The van der Waals surface area contributed by atoms with E-state index in [0.29, 0.717) is 11.8 Å². The topological polar surface area (TPSA) is 35.0 Å². The van der Waals surface area contributed by atoms with Crippen LogP contribution in [0.15, 0.2) is 36.4 Å². The number of rotatable bonds is 4. The van der Waals surface area contributed by atoms with Gasteiger partial charge in [0.15, 0.2) is 0 Å². The summed E-state index contributed by atoms with van der Waals surface area (Å²) in [4.78, 5) is 0. The average molecular weight is 249 g/mol. The SMILES string of the molecule is CCc1cccc(Oc2ccc(CCl)nn2)c1. The third-order valence-electron chi connectivity index (χ3n) is 2.36. The minimum absolute atomic E-state index is 0.360. The van der Waals surface area contributed by atoms with Crippen molar-refractivity contribution in [3.05, 3.63) is 47.7 Å². The van der Waals surface area contributed by atoms with Crippen molar-refractivity contribution in [2.24, 2.45) is 0 Å². The van der Waals surface area contributed by atoms with Crippen LogP contribution in [-0.4, -0.2) is 10.2 Å². The molecular formula is C13H13ClN2O. The highest BCUT2D eigenvalue weighted by Crippen LogP contribution is 2.20. The van der Waals surface area contributed by atoms with E-state index in [4.69, 9.17) is 16.3 Å². The number of hydrogen-bond acceptors (Lipinski definition) is 3. The molecule has 2 rings (SSSR count). The minimum Gasteiger partial charge on any atom is -0.438 e. The molecule has 0 saturated heterocycles. The predicted molar refractivity (Wildman–Crippen MR) is 67.5 cm³/mol. The highest BCUT2D eigenvalue weighted by molar-refractivity contribution is 6.16. The Balaban J connectivity index is 2.13. The molecular weight excluding hydrogens is 236 g/mol. The first-order valence-electron chi connectivity index (χ1n) is 5.47. The summed E-state index contributed by atoms with van der Waals surface area (Å²) in [6, 6.07) is 11.5. The highest BCUT2D eigenvalue weighted by Gasteiger charge is 2.00. The van der Waals surface area contributed by atoms with Crippen LogP contribution >= 0.6 is 11.6 Å². The van der Waals surface area contributed by atoms with E-state index in [0.717, 1.165) is 17.9 Å². The second kappa shape index (κ2) is 5.64. The summed E-state index contributed by atoms with van der Waals surface area (Å²) >= 11 is 5.64. The fraction of sp³-hybridized carbons (Fsp3) is 0.231. The Labute approximate surface area is 105 Å². The van der Waals surface area contributed by atoms with Crippen LogP contribution in [0, 0.1) is 0 Å². The molecule has 0 radical (unpaired) electrons. The molecule has 0 bridgehead atoms. The number of nitrogens with zero attached hydrogens (tertiary/aromatic N) is 2. The van der Waals surface area contributed by atoms with Crippen LogP contribution in [0.5, 0.6) is 11.6 Å². The molecule has 17 heavy (non-hydrogen) atoms. The summed E-state index contributed by atoms with van der Waals surface area (Å²) in [7, 11) is 0. The monoisotopic (exact) mass is 248 g/mol. The smallest absolute Gasteiger partial charge is 0.238 e. The van der Waals surface area contributed by atoms with Crippen LogP contribution in [0.4, 0.5) is 0 Å². The van der Waals surface area contributed by atoms with Crippen molar-refractivity contribution in [2.75, 3.05) is 0 Å². The van der Waals surface area contributed by atoms with Crippen molar-refractivity contribution in [1.82, 2.24) is 10.2 Å². The van der Waals surface area contributed by atoms with Gasteiger partial charge in [0.2, 0.25) is 5.88 Å². The number of aromatic nitrogens is 2. The largest absolute Gasteiger partial charge is 0.438 e. The molecule has 0 N–H and O–H groups in total. The lowest BCUT2D eigenvalue weighted by molar-refractivity contribution is 0.454. The first-order chi connectivity index (χ1) is 8.31. The molecule has 1 heterocycles. The summed E-state index contributed by atoms with van der Waals surface area (Å²) in [5, 5.41) is 7.87. The second-order valence-electron chi connectivity index (χ2n) is 3.60. The van der Waals surface area contributed by atoms with Crippen LogP contribution in [0.2, 0.25) is 0 Å². The average Bonchev–Trinajstić information content (AvgIpc) is 2.40. The Morgan fingerprint density at radius 2 is 2.06 bits per heavy atom. The Hall–Kier alpha value is -1.61. The Kier molecular flexibility index (Phi) is 3.94. The van der Waals surface area contributed by atoms with E-state index in [1.807, 2.05) is 18.2 Å². The fourth-order valence-electron chi connectivity index (χ4n) is 1.42. The normalized spacial score (nSPS) is 10.2. The van der Waals surface area contributed by atoms with Gasteiger partial charge in [-0.1, -0.05) is 19.1 Å². The molecule has 0 fully saturated rings. The van der Waals surface area contributed by atoms with Gasteiger partial charge in [-0.25, -0.2) is 0 Å². The van der Waals surface area contributed by atoms with E-state index >= 15 is 0 Å². The van der Waals surface area contributed by atoms with Gasteiger partial charge < -0.3 is 4.74 Å². The molecule has 4 heteroatoms. The molecule has 0 aliphatic heterocycles. The van der Waals surface area contributed by atoms with Crippen molar-refractivity contribution in [1.29, 1.82) is 0 Å². The number of ether oxygens (including phenoxy) is 1. The predicted octanol–water partition coefficient (Wildman–Crippen LogP) is 3.57. The van der Waals surface area contributed by atoms with Crippen LogP contribution < -0.4 is 4.74 Å². The van der Waals surface area contributed by atoms with Crippen LogP contribution in [0.3, 0.4) is 0 Å². The first-order valence-corrected chi connectivity index (χ1v) is 6.00. The summed E-state index contributed by atoms with van der Waals surface area (Å²) < 4.78 is 5.60. The van der Waals surface area contributed by atoms with Crippen molar-refractivity contribution in [3.8, 4) is 11.6 Å². The zero-order chi connectivity index (χ0) is 12.1. The van der Waals surface area contributed by atoms with Gasteiger partial charge in [0.1, 0.15) is 5.75 Å². The maximum atomic E-state index is 5.64. The van der Waals surface area contributed by atoms with Crippen LogP contribution in [0.25, 0.3) is 0 Å². The van der Waals surface area contributed by atoms with Gasteiger partial charge in [0.05, 0.1) is 11.6 Å². The van der Waals surface area contributed by atoms with Crippen molar-refractivity contribution in [3.63, 3.8) is 0 Å². The summed E-state index contributed by atoms with van der Waals surface area (Å²) in [5.41, 5.74) is 1.97. The summed E-state index contributed by atoms with van der Waals surface area (Å²) in [5.74, 6) is 1.61. The molecule has 0 amide bonds. The zero-order valence-electron chi connectivity index (χ0n) is 9.56. The zero-order valence-corrected chi connectivity index (χ0v) is 10.3. The van der Waals surface area contributed by atoms with Gasteiger partial charge in [-0.05, 0) is 30.2 Å². The maximum absolute atomic E-state index is 5.64. The van der Waals surface area contributed by atoms with Gasteiger partial charge >= 0.3 is 0 Å². The Bertz CT molecular complexity index is 485. The Morgan fingerprint density at radius 3 is 2.71 bits per heavy atom. The lowest BCUT2D eigenvalue weighted by Gasteiger charge is -2.05. The van der Waals surface area contributed by atoms with Gasteiger partial charge in [0.25, 0.3) is 0 Å². The molecule has 0 unspecified atom stereocenters. The number of aryl methyl sites for hydroxylation is 1. The number of hydrogen-bond donors (Lipinski definition) is 0. The van der Waals surface area contributed by atoms with E-state index in [1.54, 1.807) is 12.1 Å². The minimum atomic E-state index is 0.360.